The molecule has 2 aliphatic rings. The molecule has 2 heteroatoms. The number of morpholine rings is 1. The Kier molecular flexibility index (Phi) is 1.69. The van der Waals surface area contributed by atoms with Crippen LogP contribution in [0, 0.1) is 0 Å². The van der Waals surface area contributed by atoms with Crippen LogP contribution in [-0.2, 0) is 4.74 Å². The Hall–Kier alpha value is -0.0800. The summed E-state index contributed by atoms with van der Waals surface area (Å²) in [5.41, 5.74) is 0.308. The molecule has 2 rings (SSSR count). The van der Waals surface area contributed by atoms with Crippen molar-refractivity contribution in [3.63, 3.8) is 0 Å². The minimum absolute atomic E-state index is 0.308. The Morgan fingerprint density at radius 3 is 2.64 bits per heavy atom. The maximum absolute atomic E-state index is 5.72. The summed E-state index contributed by atoms with van der Waals surface area (Å²) in [5, 5.41) is 0. The number of hydrogen-bond donors (Lipinski definition) is 0. The van der Waals surface area contributed by atoms with Crippen LogP contribution in [0.25, 0.3) is 0 Å². The monoisotopic (exact) mass is 155 g/mol. The van der Waals surface area contributed by atoms with E-state index in [0.717, 1.165) is 13.2 Å². The molecule has 1 spiro atoms. The van der Waals surface area contributed by atoms with E-state index < -0.39 is 0 Å². The summed E-state index contributed by atoms with van der Waals surface area (Å²) < 4.78 is 5.72. The summed E-state index contributed by atoms with van der Waals surface area (Å²) in [7, 11) is 0. The van der Waals surface area contributed by atoms with Crippen LogP contribution in [0.3, 0.4) is 0 Å². The normalized spacial score (nSPS) is 29.7. The SMILES string of the molecule is CC(C)N1CCOC2(CC2)C1. The molecular weight excluding hydrogens is 138 g/mol. The molecule has 2 nitrogen and oxygen atoms in total. The van der Waals surface area contributed by atoms with E-state index in [1.165, 1.54) is 19.4 Å². The number of nitrogens with zero attached hydrogens (tertiary/aromatic N) is 1. The predicted octanol–water partition coefficient (Wildman–Crippen LogP) is 1.26. The van der Waals surface area contributed by atoms with Gasteiger partial charge in [-0.15, -0.1) is 0 Å². The molecule has 1 saturated heterocycles. The van der Waals surface area contributed by atoms with Crippen molar-refractivity contribution in [2.75, 3.05) is 19.7 Å². The van der Waals surface area contributed by atoms with Gasteiger partial charge in [-0.2, -0.15) is 0 Å². The molecule has 0 N–H and O–H groups in total. The summed E-state index contributed by atoms with van der Waals surface area (Å²) in [6.45, 7) is 7.77. The lowest BCUT2D eigenvalue weighted by Gasteiger charge is -2.35. The van der Waals surface area contributed by atoms with Gasteiger partial charge in [-0.05, 0) is 26.7 Å². The standard InChI is InChI=1S/C9H17NO/c1-8(2)10-5-6-11-9(7-10)3-4-9/h8H,3-7H2,1-2H3. The van der Waals surface area contributed by atoms with Gasteiger partial charge in [-0.25, -0.2) is 0 Å². The molecular formula is C9H17NO. The number of hydrogen-bond acceptors (Lipinski definition) is 2. The van der Waals surface area contributed by atoms with Crippen molar-refractivity contribution < 1.29 is 4.74 Å². The fraction of sp³-hybridized carbons (Fsp3) is 1.00. The maximum Gasteiger partial charge on any atom is 0.0811 e. The molecule has 0 aromatic carbocycles. The first kappa shape index (κ1) is 7.56. The van der Waals surface area contributed by atoms with Gasteiger partial charge < -0.3 is 4.74 Å². The van der Waals surface area contributed by atoms with Gasteiger partial charge in [-0.1, -0.05) is 0 Å². The highest BCUT2D eigenvalue weighted by molar-refractivity contribution is 5.00. The summed E-state index contributed by atoms with van der Waals surface area (Å²) in [4.78, 5) is 2.52. The Morgan fingerprint density at radius 2 is 2.09 bits per heavy atom. The van der Waals surface area contributed by atoms with Crippen LogP contribution in [0.15, 0.2) is 0 Å². The smallest absolute Gasteiger partial charge is 0.0811 e. The highest BCUT2D eigenvalue weighted by atomic mass is 16.5. The summed E-state index contributed by atoms with van der Waals surface area (Å²) >= 11 is 0. The summed E-state index contributed by atoms with van der Waals surface area (Å²) in [6.07, 6.45) is 2.58. The Bertz CT molecular complexity index is 152. The van der Waals surface area contributed by atoms with Gasteiger partial charge in [0.25, 0.3) is 0 Å². The molecule has 0 radical (unpaired) electrons. The minimum Gasteiger partial charge on any atom is -0.372 e. The molecule has 1 saturated carbocycles. The molecule has 1 aliphatic heterocycles. The van der Waals surface area contributed by atoms with Crippen LogP contribution in [0.2, 0.25) is 0 Å². The molecule has 0 amide bonds. The van der Waals surface area contributed by atoms with Crippen LogP contribution < -0.4 is 0 Å². The highest BCUT2D eigenvalue weighted by Gasteiger charge is 2.47. The van der Waals surface area contributed by atoms with Gasteiger partial charge in [0.1, 0.15) is 0 Å². The third-order valence-electron chi connectivity index (χ3n) is 2.82. The van der Waals surface area contributed by atoms with Crippen molar-refractivity contribution in [2.24, 2.45) is 0 Å². The van der Waals surface area contributed by atoms with Gasteiger partial charge in [-0.3, -0.25) is 4.90 Å². The van der Waals surface area contributed by atoms with E-state index in [-0.39, 0.29) is 0 Å². The van der Waals surface area contributed by atoms with Crippen molar-refractivity contribution in [2.45, 2.75) is 38.3 Å². The van der Waals surface area contributed by atoms with E-state index in [1.807, 2.05) is 0 Å². The van der Waals surface area contributed by atoms with Crippen LogP contribution in [-0.4, -0.2) is 36.2 Å². The Balaban J connectivity index is 1.93. The lowest BCUT2D eigenvalue weighted by Crippen LogP contribution is -2.46. The van der Waals surface area contributed by atoms with Crippen molar-refractivity contribution in [1.82, 2.24) is 4.90 Å². The maximum atomic E-state index is 5.72. The summed E-state index contributed by atoms with van der Waals surface area (Å²) in [6, 6.07) is 0.691. The highest BCUT2D eigenvalue weighted by Crippen LogP contribution is 2.42. The topological polar surface area (TPSA) is 12.5 Å². The largest absolute Gasteiger partial charge is 0.372 e. The molecule has 1 aliphatic carbocycles. The zero-order valence-electron chi connectivity index (χ0n) is 7.47. The molecule has 0 atom stereocenters. The van der Waals surface area contributed by atoms with Crippen molar-refractivity contribution >= 4 is 0 Å². The van der Waals surface area contributed by atoms with Crippen LogP contribution in [0.1, 0.15) is 26.7 Å². The first-order chi connectivity index (χ1) is 5.22. The zero-order valence-corrected chi connectivity index (χ0v) is 7.47. The van der Waals surface area contributed by atoms with Gasteiger partial charge in [0.2, 0.25) is 0 Å². The van der Waals surface area contributed by atoms with Gasteiger partial charge in [0.15, 0.2) is 0 Å². The minimum atomic E-state index is 0.308. The van der Waals surface area contributed by atoms with E-state index in [2.05, 4.69) is 18.7 Å². The van der Waals surface area contributed by atoms with Crippen LogP contribution >= 0.6 is 0 Å². The average Bonchev–Trinajstić information content (AvgIpc) is 2.69. The van der Waals surface area contributed by atoms with Crippen molar-refractivity contribution in [3.05, 3.63) is 0 Å². The van der Waals surface area contributed by atoms with Crippen molar-refractivity contribution in [1.29, 1.82) is 0 Å². The molecule has 11 heavy (non-hydrogen) atoms. The van der Waals surface area contributed by atoms with Crippen LogP contribution in [0.5, 0.6) is 0 Å². The fourth-order valence-electron chi connectivity index (χ4n) is 1.76. The first-order valence-corrected chi connectivity index (χ1v) is 4.60. The molecule has 0 bridgehead atoms. The Morgan fingerprint density at radius 1 is 1.36 bits per heavy atom. The lowest BCUT2D eigenvalue weighted by atomic mass is 10.2. The fourth-order valence-corrected chi connectivity index (χ4v) is 1.76. The summed E-state index contributed by atoms with van der Waals surface area (Å²) in [5.74, 6) is 0. The number of rotatable bonds is 1. The quantitative estimate of drug-likeness (QED) is 0.565. The second-order valence-corrected chi connectivity index (χ2v) is 4.10. The molecule has 0 aromatic heterocycles. The van der Waals surface area contributed by atoms with E-state index in [4.69, 9.17) is 4.74 Å². The molecule has 2 fully saturated rings. The van der Waals surface area contributed by atoms with Crippen LogP contribution in [0.4, 0.5) is 0 Å². The van der Waals surface area contributed by atoms with Gasteiger partial charge in [0, 0.05) is 19.1 Å². The third kappa shape index (κ3) is 1.42. The average molecular weight is 155 g/mol. The predicted molar refractivity (Wildman–Crippen MR) is 44.6 cm³/mol. The molecule has 0 aromatic rings. The molecule has 1 heterocycles. The number of ether oxygens (including phenoxy) is 1. The first-order valence-electron chi connectivity index (χ1n) is 4.60. The van der Waals surface area contributed by atoms with Gasteiger partial charge in [0.05, 0.1) is 12.2 Å². The van der Waals surface area contributed by atoms with E-state index in [1.54, 1.807) is 0 Å². The molecule has 0 unspecified atom stereocenters. The van der Waals surface area contributed by atoms with E-state index >= 15 is 0 Å². The van der Waals surface area contributed by atoms with Gasteiger partial charge >= 0.3 is 0 Å². The van der Waals surface area contributed by atoms with E-state index in [9.17, 15) is 0 Å². The van der Waals surface area contributed by atoms with Crippen molar-refractivity contribution in [3.8, 4) is 0 Å². The Labute approximate surface area is 68.5 Å². The zero-order chi connectivity index (χ0) is 7.90. The second-order valence-electron chi connectivity index (χ2n) is 4.10. The second kappa shape index (κ2) is 2.46. The molecule has 64 valence electrons. The lowest BCUT2D eigenvalue weighted by molar-refractivity contribution is -0.0553. The van der Waals surface area contributed by atoms with E-state index in [0.29, 0.717) is 11.6 Å². The third-order valence-corrected chi connectivity index (χ3v) is 2.82.